The van der Waals surface area contributed by atoms with E-state index in [-0.39, 0.29) is 23.4 Å². The number of hydrogen-bond donors (Lipinski definition) is 2. The first-order chi connectivity index (χ1) is 11.7. The molecule has 1 amide bonds. The van der Waals surface area contributed by atoms with Crippen molar-refractivity contribution in [1.29, 1.82) is 0 Å². The molecule has 136 valence electrons. The third-order valence-electron chi connectivity index (χ3n) is 4.24. The molecule has 5 nitrogen and oxygen atoms in total. The van der Waals surface area contributed by atoms with E-state index in [1.165, 1.54) is 5.56 Å². The number of amides is 1. The van der Waals surface area contributed by atoms with Crippen molar-refractivity contribution in [1.82, 2.24) is 15.8 Å². The van der Waals surface area contributed by atoms with E-state index in [4.69, 9.17) is 4.52 Å². The fraction of sp³-hybridized carbons (Fsp3) is 0.500. The second kappa shape index (κ2) is 7.83. The number of carbonyl (C=O) groups excluding carboxylic acids is 1. The molecule has 1 aromatic heterocycles. The highest BCUT2D eigenvalue weighted by Gasteiger charge is 2.26. The van der Waals surface area contributed by atoms with Gasteiger partial charge in [-0.05, 0) is 33.3 Å². The largest absolute Gasteiger partial charge is 0.360 e. The first-order valence-corrected chi connectivity index (χ1v) is 8.78. The second-order valence-corrected chi connectivity index (χ2v) is 7.51. The monoisotopic (exact) mass is 343 g/mol. The van der Waals surface area contributed by atoms with Gasteiger partial charge in [-0.1, -0.05) is 49.3 Å². The van der Waals surface area contributed by atoms with Crippen molar-refractivity contribution in [3.05, 3.63) is 52.9 Å². The van der Waals surface area contributed by atoms with Crippen LogP contribution in [0.3, 0.4) is 0 Å². The van der Waals surface area contributed by atoms with Crippen LogP contribution in [0.1, 0.15) is 74.0 Å². The minimum absolute atomic E-state index is 0.117. The Morgan fingerprint density at radius 2 is 1.84 bits per heavy atom. The summed E-state index contributed by atoms with van der Waals surface area (Å²) in [7, 11) is 0. The predicted octanol–water partition coefficient (Wildman–Crippen LogP) is 3.97. The zero-order valence-corrected chi connectivity index (χ0v) is 16.0. The van der Waals surface area contributed by atoms with E-state index in [0.717, 1.165) is 0 Å². The lowest BCUT2D eigenvalue weighted by Crippen LogP contribution is -2.50. The number of rotatable bonds is 7. The molecule has 1 atom stereocenters. The van der Waals surface area contributed by atoms with Gasteiger partial charge in [-0.15, -0.1) is 0 Å². The van der Waals surface area contributed by atoms with Crippen molar-refractivity contribution >= 4 is 5.91 Å². The maximum Gasteiger partial charge on any atom is 0.256 e. The average molecular weight is 343 g/mol. The maximum atomic E-state index is 12.6. The normalized spacial score (nSPS) is 13.1. The van der Waals surface area contributed by atoms with Crippen LogP contribution in [0.15, 0.2) is 34.9 Å². The molecule has 0 radical (unpaired) electrons. The summed E-state index contributed by atoms with van der Waals surface area (Å²) in [6.07, 6.45) is 0. The minimum Gasteiger partial charge on any atom is -0.360 e. The van der Waals surface area contributed by atoms with E-state index in [1.54, 1.807) is 6.92 Å². The lowest BCUT2D eigenvalue weighted by atomic mass is 10.00. The Hall–Kier alpha value is -2.14. The molecular weight excluding hydrogens is 314 g/mol. The fourth-order valence-electron chi connectivity index (χ4n) is 2.91. The van der Waals surface area contributed by atoms with Crippen molar-refractivity contribution in [2.45, 2.75) is 59.0 Å². The molecule has 2 aromatic rings. The summed E-state index contributed by atoms with van der Waals surface area (Å²) in [4.78, 5) is 12.6. The summed E-state index contributed by atoms with van der Waals surface area (Å²) in [5.74, 6) is 0.620. The SMILES string of the molecule is Cc1noc(C(C)C)c1C(=O)NCC(C)(C)NC(C)c1ccccc1. The van der Waals surface area contributed by atoms with Crippen LogP contribution >= 0.6 is 0 Å². The Bertz CT molecular complexity index is 705. The molecule has 0 aliphatic carbocycles. The molecule has 0 aliphatic rings. The Labute approximate surface area is 150 Å². The van der Waals surface area contributed by atoms with Crippen LogP contribution in [-0.4, -0.2) is 23.1 Å². The molecule has 0 saturated heterocycles. The van der Waals surface area contributed by atoms with Crippen molar-refractivity contribution in [3.8, 4) is 0 Å². The summed E-state index contributed by atoms with van der Waals surface area (Å²) in [6, 6.07) is 10.5. The number of nitrogens with zero attached hydrogens (tertiary/aromatic N) is 1. The van der Waals surface area contributed by atoms with Crippen LogP contribution in [0.5, 0.6) is 0 Å². The van der Waals surface area contributed by atoms with Gasteiger partial charge in [-0.25, -0.2) is 0 Å². The lowest BCUT2D eigenvalue weighted by molar-refractivity contribution is 0.0938. The van der Waals surface area contributed by atoms with E-state index in [0.29, 0.717) is 23.6 Å². The number of benzene rings is 1. The van der Waals surface area contributed by atoms with E-state index in [2.05, 4.69) is 48.7 Å². The van der Waals surface area contributed by atoms with Gasteiger partial charge in [0.25, 0.3) is 5.91 Å². The number of carbonyl (C=O) groups is 1. The van der Waals surface area contributed by atoms with Crippen molar-refractivity contribution < 1.29 is 9.32 Å². The van der Waals surface area contributed by atoms with Crippen LogP contribution in [0.25, 0.3) is 0 Å². The van der Waals surface area contributed by atoms with E-state index < -0.39 is 0 Å². The Balaban J connectivity index is 2.00. The van der Waals surface area contributed by atoms with Gasteiger partial charge in [0.2, 0.25) is 0 Å². The summed E-state index contributed by atoms with van der Waals surface area (Å²) < 4.78 is 5.31. The molecule has 5 heteroatoms. The molecule has 1 heterocycles. The smallest absolute Gasteiger partial charge is 0.256 e. The van der Waals surface area contributed by atoms with Crippen LogP contribution in [0, 0.1) is 6.92 Å². The highest BCUT2D eigenvalue weighted by Crippen LogP contribution is 2.22. The molecule has 0 bridgehead atoms. The number of hydrogen-bond acceptors (Lipinski definition) is 4. The predicted molar refractivity (Wildman–Crippen MR) is 99.7 cm³/mol. The zero-order valence-electron chi connectivity index (χ0n) is 16.0. The Morgan fingerprint density at radius 3 is 2.44 bits per heavy atom. The summed E-state index contributed by atoms with van der Waals surface area (Å²) in [6.45, 7) is 12.6. The van der Waals surface area contributed by atoms with Crippen molar-refractivity contribution in [3.63, 3.8) is 0 Å². The van der Waals surface area contributed by atoms with E-state index in [9.17, 15) is 4.79 Å². The van der Waals surface area contributed by atoms with Gasteiger partial charge in [0.1, 0.15) is 5.56 Å². The topological polar surface area (TPSA) is 67.2 Å². The molecule has 0 saturated carbocycles. The summed E-state index contributed by atoms with van der Waals surface area (Å²) in [5, 5.41) is 10.5. The quantitative estimate of drug-likeness (QED) is 0.798. The standard InChI is InChI=1S/C20H29N3O2/c1-13(2)18-17(15(4)23-25-18)19(24)21-12-20(5,6)22-14(3)16-10-8-7-9-11-16/h7-11,13-14,22H,12H2,1-6H3,(H,21,24). The molecule has 1 unspecified atom stereocenters. The molecule has 0 fully saturated rings. The van der Waals surface area contributed by atoms with Crippen LogP contribution < -0.4 is 10.6 Å². The molecule has 0 aliphatic heterocycles. The number of nitrogens with one attached hydrogen (secondary N) is 2. The van der Waals surface area contributed by atoms with Gasteiger partial charge in [0.15, 0.2) is 5.76 Å². The van der Waals surface area contributed by atoms with Crippen LogP contribution in [0.4, 0.5) is 0 Å². The van der Waals surface area contributed by atoms with Gasteiger partial charge in [0, 0.05) is 24.0 Å². The van der Waals surface area contributed by atoms with Gasteiger partial charge in [-0.2, -0.15) is 0 Å². The molecule has 25 heavy (non-hydrogen) atoms. The first kappa shape index (κ1) is 19.2. The molecule has 0 spiro atoms. The van der Waals surface area contributed by atoms with Crippen molar-refractivity contribution in [2.75, 3.05) is 6.54 Å². The number of aromatic nitrogens is 1. The van der Waals surface area contributed by atoms with Gasteiger partial charge in [0.05, 0.1) is 5.69 Å². The summed E-state index contributed by atoms with van der Waals surface area (Å²) in [5.41, 5.74) is 2.15. The Morgan fingerprint density at radius 1 is 1.20 bits per heavy atom. The summed E-state index contributed by atoms with van der Waals surface area (Å²) >= 11 is 0. The first-order valence-electron chi connectivity index (χ1n) is 8.78. The van der Waals surface area contributed by atoms with E-state index >= 15 is 0 Å². The van der Waals surface area contributed by atoms with Gasteiger partial charge < -0.3 is 15.2 Å². The molecule has 2 rings (SSSR count). The van der Waals surface area contributed by atoms with Gasteiger partial charge in [-0.3, -0.25) is 4.79 Å². The minimum atomic E-state index is -0.256. The molecule has 1 aromatic carbocycles. The van der Waals surface area contributed by atoms with E-state index in [1.807, 2.05) is 32.0 Å². The van der Waals surface area contributed by atoms with Crippen LogP contribution in [-0.2, 0) is 0 Å². The maximum absolute atomic E-state index is 12.6. The third kappa shape index (κ3) is 4.92. The third-order valence-corrected chi connectivity index (χ3v) is 4.24. The lowest BCUT2D eigenvalue weighted by Gasteiger charge is -2.31. The highest BCUT2D eigenvalue weighted by atomic mass is 16.5. The molecular formula is C20H29N3O2. The fourth-order valence-corrected chi connectivity index (χ4v) is 2.91. The number of aryl methyl sites for hydroxylation is 1. The van der Waals surface area contributed by atoms with Crippen LogP contribution in [0.2, 0.25) is 0 Å². The highest BCUT2D eigenvalue weighted by molar-refractivity contribution is 5.96. The van der Waals surface area contributed by atoms with Gasteiger partial charge >= 0.3 is 0 Å². The van der Waals surface area contributed by atoms with Crippen molar-refractivity contribution in [2.24, 2.45) is 0 Å². The molecule has 2 N–H and O–H groups in total. The second-order valence-electron chi connectivity index (χ2n) is 7.51. The Kier molecular flexibility index (Phi) is 6.01. The zero-order chi connectivity index (χ0) is 18.6. The average Bonchev–Trinajstić information content (AvgIpc) is 2.95.